The number of hydrogen-bond donors (Lipinski definition) is 2. The quantitative estimate of drug-likeness (QED) is 0.912. The molecule has 2 amide bonds. The van der Waals surface area contributed by atoms with Gasteiger partial charge in [-0.05, 0) is 19.8 Å². The second-order valence-corrected chi connectivity index (χ2v) is 6.60. The molecule has 0 radical (unpaired) electrons. The number of nitrogens with zero attached hydrogens (tertiary/aromatic N) is 3. The van der Waals surface area contributed by atoms with Crippen molar-refractivity contribution in [3.63, 3.8) is 0 Å². The summed E-state index contributed by atoms with van der Waals surface area (Å²) in [7, 11) is 1.84. The normalized spacial score (nSPS) is 11.0. The molecule has 0 aromatic carbocycles. The van der Waals surface area contributed by atoms with Crippen molar-refractivity contribution in [2.24, 2.45) is 7.05 Å². The molecule has 2 rings (SSSR count). The summed E-state index contributed by atoms with van der Waals surface area (Å²) in [6.07, 6.45) is 1.81. The van der Waals surface area contributed by atoms with E-state index in [1.165, 1.54) is 4.88 Å². The molecule has 0 saturated carbocycles. The molecule has 114 valence electrons. The molecule has 0 fully saturated rings. The van der Waals surface area contributed by atoms with Crippen molar-refractivity contribution in [1.29, 1.82) is 0 Å². The van der Waals surface area contributed by atoms with Gasteiger partial charge in [-0.25, -0.2) is 9.78 Å². The maximum Gasteiger partial charge on any atom is 0.319 e. The van der Waals surface area contributed by atoms with Crippen molar-refractivity contribution in [3.8, 4) is 0 Å². The maximum absolute atomic E-state index is 12.0. The monoisotopic (exact) mass is 307 g/mol. The molecule has 0 saturated heterocycles. The molecule has 2 N–H and O–H groups in total. The third-order valence-corrected chi connectivity index (χ3v) is 4.20. The van der Waals surface area contributed by atoms with Gasteiger partial charge in [-0.3, -0.25) is 4.68 Å². The van der Waals surface area contributed by atoms with Crippen molar-refractivity contribution in [1.82, 2.24) is 20.1 Å². The highest BCUT2D eigenvalue weighted by atomic mass is 32.1. The van der Waals surface area contributed by atoms with Crippen molar-refractivity contribution in [2.45, 2.75) is 40.2 Å². The first kappa shape index (κ1) is 15.5. The number of aromatic nitrogens is 3. The van der Waals surface area contributed by atoms with Gasteiger partial charge in [0.2, 0.25) is 0 Å². The summed E-state index contributed by atoms with van der Waals surface area (Å²) in [6, 6.07) is -0.240. The van der Waals surface area contributed by atoms with Gasteiger partial charge in [-0.15, -0.1) is 11.3 Å². The minimum atomic E-state index is -0.240. The average Bonchev–Trinajstić information content (AvgIpc) is 2.91. The molecule has 0 aliphatic heterocycles. The fourth-order valence-electron chi connectivity index (χ4n) is 1.97. The first-order chi connectivity index (χ1) is 9.86. The molecular weight excluding hydrogens is 286 g/mol. The number of anilines is 1. The van der Waals surface area contributed by atoms with Crippen LogP contribution >= 0.6 is 11.3 Å². The molecule has 6 nitrogen and oxygen atoms in total. The number of aryl methyl sites for hydroxylation is 3. The van der Waals surface area contributed by atoms with Crippen LogP contribution in [-0.2, 0) is 13.6 Å². The lowest BCUT2D eigenvalue weighted by molar-refractivity contribution is 0.251. The molecule has 2 aromatic heterocycles. The topological polar surface area (TPSA) is 71.8 Å². The Morgan fingerprint density at radius 2 is 2.14 bits per heavy atom. The molecule has 0 unspecified atom stereocenters. The van der Waals surface area contributed by atoms with Crippen LogP contribution < -0.4 is 10.6 Å². The summed E-state index contributed by atoms with van der Waals surface area (Å²) in [5, 5.41) is 10.9. The van der Waals surface area contributed by atoms with Gasteiger partial charge in [-0.2, -0.15) is 5.10 Å². The molecule has 2 heterocycles. The molecule has 2 aromatic rings. The van der Waals surface area contributed by atoms with Crippen LogP contribution in [0.1, 0.15) is 41.0 Å². The van der Waals surface area contributed by atoms with Crippen LogP contribution in [0.3, 0.4) is 0 Å². The van der Waals surface area contributed by atoms with E-state index >= 15 is 0 Å². The maximum atomic E-state index is 12.0. The van der Waals surface area contributed by atoms with Crippen LogP contribution in [0.5, 0.6) is 0 Å². The predicted molar refractivity (Wildman–Crippen MR) is 84.7 cm³/mol. The first-order valence-corrected chi connectivity index (χ1v) is 7.69. The smallest absolute Gasteiger partial charge is 0.319 e. The lowest BCUT2D eigenvalue weighted by Crippen LogP contribution is -2.28. The minimum Gasteiger partial charge on any atom is -0.331 e. The standard InChI is InChI=1S/C14H21N5OS/c1-8(2)13-11(7-19(5)18-13)17-14(20)15-6-12-16-9(3)10(4)21-12/h7-8H,6H2,1-5H3,(H2,15,17,20). The molecule has 0 aliphatic rings. The molecule has 0 spiro atoms. The number of rotatable bonds is 4. The van der Waals surface area contributed by atoms with Gasteiger partial charge in [-0.1, -0.05) is 13.8 Å². The predicted octanol–water partition coefficient (Wildman–Crippen LogP) is 2.94. The number of amides is 2. The third-order valence-electron chi connectivity index (χ3n) is 3.13. The van der Waals surface area contributed by atoms with Gasteiger partial charge in [0.1, 0.15) is 5.01 Å². The molecule has 0 atom stereocenters. The van der Waals surface area contributed by atoms with Crippen molar-refractivity contribution in [3.05, 3.63) is 27.5 Å². The number of hydrogen-bond acceptors (Lipinski definition) is 4. The fraction of sp³-hybridized carbons (Fsp3) is 0.500. The zero-order chi connectivity index (χ0) is 15.6. The highest BCUT2D eigenvalue weighted by Gasteiger charge is 2.14. The second kappa shape index (κ2) is 6.26. The number of nitrogens with one attached hydrogen (secondary N) is 2. The SMILES string of the molecule is Cc1nc(CNC(=O)Nc2cn(C)nc2C(C)C)sc1C. The van der Waals surface area contributed by atoms with Gasteiger partial charge in [0.25, 0.3) is 0 Å². The summed E-state index contributed by atoms with van der Waals surface area (Å²) < 4.78 is 1.71. The van der Waals surface area contributed by atoms with E-state index in [0.717, 1.165) is 22.1 Å². The Morgan fingerprint density at radius 3 is 2.71 bits per heavy atom. The van der Waals surface area contributed by atoms with E-state index in [-0.39, 0.29) is 11.9 Å². The fourth-order valence-corrected chi connectivity index (χ4v) is 2.84. The van der Waals surface area contributed by atoms with E-state index in [1.807, 2.05) is 40.9 Å². The Kier molecular flexibility index (Phi) is 4.62. The van der Waals surface area contributed by atoms with Gasteiger partial charge in [0.05, 0.1) is 23.6 Å². The van der Waals surface area contributed by atoms with Crippen LogP contribution in [-0.4, -0.2) is 20.8 Å². The number of carbonyl (C=O) groups excluding carboxylic acids is 1. The third kappa shape index (κ3) is 3.81. The number of carbonyl (C=O) groups is 1. The van der Waals surface area contributed by atoms with E-state index in [4.69, 9.17) is 0 Å². The van der Waals surface area contributed by atoms with E-state index < -0.39 is 0 Å². The molecule has 21 heavy (non-hydrogen) atoms. The van der Waals surface area contributed by atoms with Crippen LogP contribution in [0.25, 0.3) is 0 Å². The zero-order valence-corrected chi connectivity index (χ0v) is 13.8. The molecular formula is C14H21N5OS. The largest absolute Gasteiger partial charge is 0.331 e. The van der Waals surface area contributed by atoms with Crippen LogP contribution in [0.2, 0.25) is 0 Å². The highest BCUT2D eigenvalue weighted by molar-refractivity contribution is 7.11. The summed E-state index contributed by atoms with van der Waals surface area (Å²) in [5.41, 5.74) is 2.65. The summed E-state index contributed by atoms with van der Waals surface area (Å²) in [4.78, 5) is 17.6. The van der Waals surface area contributed by atoms with E-state index in [2.05, 4.69) is 20.7 Å². The van der Waals surface area contributed by atoms with Gasteiger partial charge < -0.3 is 10.6 Å². The Balaban J connectivity index is 1.96. The van der Waals surface area contributed by atoms with E-state index in [0.29, 0.717) is 6.54 Å². The van der Waals surface area contributed by atoms with E-state index in [9.17, 15) is 4.79 Å². The van der Waals surface area contributed by atoms with Gasteiger partial charge in [0, 0.05) is 18.1 Å². The van der Waals surface area contributed by atoms with Crippen molar-refractivity contribution < 1.29 is 4.79 Å². The minimum absolute atomic E-state index is 0.240. The second-order valence-electron chi connectivity index (χ2n) is 5.31. The summed E-state index contributed by atoms with van der Waals surface area (Å²) >= 11 is 1.60. The van der Waals surface area contributed by atoms with Crippen molar-refractivity contribution >= 4 is 23.1 Å². The Morgan fingerprint density at radius 1 is 1.43 bits per heavy atom. The Hall–Kier alpha value is -1.89. The highest BCUT2D eigenvalue weighted by Crippen LogP contribution is 2.22. The van der Waals surface area contributed by atoms with Crippen LogP contribution in [0.15, 0.2) is 6.20 Å². The van der Waals surface area contributed by atoms with Crippen LogP contribution in [0, 0.1) is 13.8 Å². The summed E-state index contributed by atoms with van der Waals surface area (Å²) in [5.74, 6) is 0.255. The Labute approximate surface area is 128 Å². The van der Waals surface area contributed by atoms with E-state index in [1.54, 1.807) is 16.0 Å². The first-order valence-electron chi connectivity index (χ1n) is 6.88. The zero-order valence-electron chi connectivity index (χ0n) is 13.0. The van der Waals surface area contributed by atoms with Crippen LogP contribution in [0.4, 0.5) is 10.5 Å². The number of thiazole rings is 1. The van der Waals surface area contributed by atoms with Crippen molar-refractivity contribution in [2.75, 3.05) is 5.32 Å². The van der Waals surface area contributed by atoms with Gasteiger partial charge in [0.15, 0.2) is 0 Å². The molecule has 0 aliphatic carbocycles. The lowest BCUT2D eigenvalue weighted by Gasteiger charge is -2.08. The number of urea groups is 1. The summed E-state index contributed by atoms with van der Waals surface area (Å²) in [6.45, 7) is 8.53. The molecule has 0 bridgehead atoms. The lowest BCUT2D eigenvalue weighted by atomic mass is 10.1. The van der Waals surface area contributed by atoms with Gasteiger partial charge >= 0.3 is 6.03 Å². The average molecular weight is 307 g/mol. The Bertz CT molecular complexity index is 624. The molecule has 7 heteroatoms.